The molecule has 0 atom stereocenters. The Labute approximate surface area is 79.5 Å². The van der Waals surface area contributed by atoms with Crippen LogP contribution in [0.2, 0.25) is 0 Å². The Morgan fingerprint density at radius 3 is 1.36 bits per heavy atom. The van der Waals surface area contributed by atoms with Crippen LogP contribution >= 0.6 is 0 Å². The quantitative estimate of drug-likeness (QED) is 0.338. The summed E-state index contributed by atoms with van der Waals surface area (Å²) < 4.78 is 0. The molecule has 5 N–H and O–H groups in total. The molecule has 0 fully saturated rings. The highest BCUT2D eigenvalue weighted by atomic mass is 16.4. The summed E-state index contributed by atoms with van der Waals surface area (Å²) >= 11 is 0. The Bertz CT molecular complexity index is 178. The maximum Gasteiger partial charge on any atom is 0.328 e. The lowest BCUT2D eigenvalue weighted by atomic mass is 10.4. The summed E-state index contributed by atoms with van der Waals surface area (Å²) in [5, 5.41) is 39.6. The monoisotopic (exact) mass is 208 g/mol. The van der Waals surface area contributed by atoms with E-state index in [4.69, 9.17) is 25.5 Å². The minimum atomic E-state index is -1.26. The minimum absolute atomic E-state index is 0.365. The van der Waals surface area contributed by atoms with Crippen molar-refractivity contribution in [1.29, 1.82) is 0 Å². The van der Waals surface area contributed by atoms with Crippen LogP contribution in [0.5, 0.6) is 0 Å². The van der Waals surface area contributed by atoms with Crippen LogP contribution in [-0.4, -0.2) is 56.8 Å². The predicted molar refractivity (Wildman–Crippen MR) is 44.6 cm³/mol. The van der Waals surface area contributed by atoms with Crippen molar-refractivity contribution in [2.45, 2.75) is 6.10 Å². The molecule has 0 saturated heterocycles. The van der Waals surface area contributed by atoms with Gasteiger partial charge in [-0.25, -0.2) is 9.59 Å². The molecule has 0 amide bonds. The average Bonchev–Trinajstić information content (AvgIpc) is 2.14. The van der Waals surface area contributed by atoms with Crippen LogP contribution in [0.25, 0.3) is 0 Å². The molecule has 0 aliphatic heterocycles. The molecule has 7 heteroatoms. The molecule has 82 valence electrons. The standard InChI is InChI=1S/C4H4O4.C3H8O3/c5-3(6)1-2-4(7)8;4-1-3(6)2-5/h1-2H,(H,5,6)(H,7,8);3-6H,1-2H2/b2-1-;. The van der Waals surface area contributed by atoms with Crippen molar-refractivity contribution in [2.75, 3.05) is 13.2 Å². The van der Waals surface area contributed by atoms with Gasteiger partial charge in [-0.05, 0) is 0 Å². The molecule has 7 nitrogen and oxygen atoms in total. The van der Waals surface area contributed by atoms with Crippen molar-refractivity contribution >= 4 is 11.9 Å². The van der Waals surface area contributed by atoms with Crippen LogP contribution in [0.1, 0.15) is 0 Å². The van der Waals surface area contributed by atoms with Crippen LogP contribution < -0.4 is 0 Å². The van der Waals surface area contributed by atoms with E-state index >= 15 is 0 Å². The lowest BCUT2D eigenvalue weighted by molar-refractivity contribution is -0.134. The van der Waals surface area contributed by atoms with E-state index in [2.05, 4.69) is 0 Å². The van der Waals surface area contributed by atoms with Crippen LogP contribution in [0.4, 0.5) is 0 Å². The number of hydrogen-bond donors (Lipinski definition) is 5. The first-order chi connectivity index (χ1) is 6.43. The summed E-state index contributed by atoms with van der Waals surface area (Å²) in [5.41, 5.74) is 0. The smallest absolute Gasteiger partial charge is 0.328 e. The maximum absolute atomic E-state index is 9.55. The van der Waals surface area contributed by atoms with Crippen LogP contribution in [0, 0.1) is 0 Å². The van der Waals surface area contributed by atoms with E-state index in [1.54, 1.807) is 0 Å². The van der Waals surface area contributed by atoms with Crippen molar-refractivity contribution in [3.63, 3.8) is 0 Å². The number of rotatable bonds is 4. The van der Waals surface area contributed by atoms with E-state index in [1.807, 2.05) is 0 Å². The van der Waals surface area contributed by atoms with Crippen molar-refractivity contribution in [2.24, 2.45) is 0 Å². The Morgan fingerprint density at radius 1 is 1.00 bits per heavy atom. The van der Waals surface area contributed by atoms with Crippen LogP contribution in [0.15, 0.2) is 12.2 Å². The lowest BCUT2D eigenvalue weighted by Gasteiger charge is -1.96. The number of hydrogen-bond acceptors (Lipinski definition) is 5. The second-order valence-corrected chi connectivity index (χ2v) is 2.03. The van der Waals surface area contributed by atoms with E-state index in [0.29, 0.717) is 12.2 Å². The van der Waals surface area contributed by atoms with Gasteiger partial charge in [0, 0.05) is 12.2 Å². The van der Waals surface area contributed by atoms with Gasteiger partial charge >= 0.3 is 11.9 Å². The van der Waals surface area contributed by atoms with Crippen LogP contribution in [0.3, 0.4) is 0 Å². The SMILES string of the molecule is O=C(O)/C=C\C(=O)O.OCC(O)CO. The fourth-order valence-electron chi connectivity index (χ4n) is 0.200. The molecule has 0 aliphatic carbocycles. The number of carboxylic acids is 2. The third kappa shape index (κ3) is 16.9. The normalized spacial score (nSPS) is 9.71. The summed E-state index contributed by atoms with van der Waals surface area (Å²) in [4.78, 5) is 19.1. The summed E-state index contributed by atoms with van der Waals surface area (Å²) in [7, 11) is 0. The van der Waals surface area contributed by atoms with E-state index in [9.17, 15) is 9.59 Å². The number of aliphatic hydroxyl groups excluding tert-OH is 3. The van der Waals surface area contributed by atoms with Gasteiger partial charge in [-0.3, -0.25) is 0 Å². The molecule has 0 aromatic rings. The highest BCUT2D eigenvalue weighted by molar-refractivity contribution is 5.89. The Hall–Kier alpha value is -1.44. The fraction of sp³-hybridized carbons (Fsp3) is 0.429. The third-order valence-electron chi connectivity index (χ3n) is 0.790. The van der Waals surface area contributed by atoms with Gasteiger partial charge in [-0.2, -0.15) is 0 Å². The first kappa shape index (κ1) is 15.1. The molecular formula is C7H12O7. The number of aliphatic carboxylic acids is 2. The Kier molecular flexibility index (Phi) is 10.4. The van der Waals surface area contributed by atoms with Gasteiger partial charge in [0.1, 0.15) is 6.10 Å². The van der Waals surface area contributed by atoms with E-state index in [0.717, 1.165) is 0 Å². The molecule has 0 bridgehead atoms. The first-order valence-corrected chi connectivity index (χ1v) is 3.47. The summed E-state index contributed by atoms with van der Waals surface area (Å²) in [6.07, 6.45) is 0.162. The topological polar surface area (TPSA) is 135 Å². The second kappa shape index (κ2) is 9.65. The van der Waals surface area contributed by atoms with E-state index in [1.165, 1.54) is 0 Å². The van der Waals surface area contributed by atoms with Gasteiger partial charge in [0.2, 0.25) is 0 Å². The molecule has 0 radical (unpaired) electrons. The highest BCUT2D eigenvalue weighted by Gasteiger charge is 1.93. The average molecular weight is 208 g/mol. The molecule has 0 unspecified atom stereocenters. The second-order valence-electron chi connectivity index (χ2n) is 2.03. The maximum atomic E-state index is 9.55. The highest BCUT2D eigenvalue weighted by Crippen LogP contribution is 1.71. The molecule has 0 spiro atoms. The third-order valence-corrected chi connectivity index (χ3v) is 0.790. The van der Waals surface area contributed by atoms with Gasteiger partial charge in [-0.1, -0.05) is 0 Å². The van der Waals surface area contributed by atoms with E-state index < -0.39 is 18.0 Å². The van der Waals surface area contributed by atoms with Gasteiger partial charge in [0.05, 0.1) is 13.2 Å². The zero-order valence-electron chi connectivity index (χ0n) is 7.20. The molecular weight excluding hydrogens is 196 g/mol. The zero-order chi connectivity index (χ0) is 11.6. The lowest BCUT2D eigenvalue weighted by Crippen LogP contribution is -2.15. The van der Waals surface area contributed by atoms with Crippen molar-refractivity contribution in [1.82, 2.24) is 0 Å². The van der Waals surface area contributed by atoms with Crippen molar-refractivity contribution in [3.8, 4) is 0 Å². The molecule has 0 aromatic carbocycles. The molecule has 0 rings (SSSR count). The predicted octanol–water partition coefficient (Wildman–Crippen LogP) is -1.96. The van der Waals surface area contributed by atoms with Gasteiger partial charge in [0.15, 0.2) is 0 Å². The Balaban J connectivity index is 0. The number of carbonyl (C=O) groups is 2. The number of carboxylic acid groups (broad SMARTS) is 2. The van der Waals surface area contributed by atoms with Gasteiger partial charge < -0.3 is 25.5 Å². The summed E-state index contributed by atoms with van der Waals surface area (Å²) in [6.45, 7) is -0.729. The van der Waals surface area contributed by atoms with E-state index in [-0.39, 0.29) is 13.2 Å². The fourth-order valence-corrected chi connectivity index (χ4v) is 0.200. The molecule has 14 heavy (non-hydrogen) atoms. The zero-order valence-corrected chi connectivity index (χ0v) is 7.20. The minimum Gasteiger partial charge on any atom is -0.478 e. The van der Waals surface area contributed by atoms with Crippen molar-refractivity contribution in [3.05, 3.63) is 12.2 Å². The largest absolute Gasteiger partial charge is 0.478 e. The molecule has 0 saturated carbocycles. The van der Waals surface area contributed by atoms with Crippen molar-refractivity contribution < 1.29 is 35.1 Å². The molecule has 0 aromatic heterocycles. The van der Waals surface area contributed by atoms with Crippen LogP contribution in [-0.2, 0) is 9.59 Å². The molecule has 0 aliphatic rings. The number of aliphatic hydroxyl groups is 3. The molecule has 0 heterocycles. The summed E-state index contributed by atoms with van der Waals surface area (Å²) in [6, 6.07) is 0. The summed E-state index contributed by atoms with van der Waals surface area (Å²) in [5.74, 6) is -2.51. The van der Waals surface area contributed by atoms with Gasteiger partial charge in [0.25, 0.3) is 0 Å². The Morgan fingerprint density at radius 2 is 1.29 bits per heavy atom. The van der Waals surface area contributed by atoms with Gasteiger partial charge in [-0.15, -0.1) is 0 Å². The first-order valence-electron chi connectivity index (χ1n) is 3.47.